The van der Waals surface area contributed by atoms with Crippen molar-refractivity contribution in [1.29, 1.82) is 0 Å². The minimum atomic E-state index is -0.364. The number of aliphatic hydroxyl groups is 1. The number of benzene rings is 1. The molecule has 4 N–H and O–H groups in total. The monoisotopic (exact) mass is 231 g/mol. The van der Waals surface area contributed by atoms with Gasteiger partial charge in [-0.3, -0.25) is 0 Å². The van der Waals surface area contributed by atoms with E-state index < -0.39 is 0 Å². The van der Waals surface area contributed by atoms with Gasteiger partial charge in [0, 0.05) is 23.7 Å². The molecule has 4 nitrogen and oxygen atoms in total. The molecule has 0 aliphatic rings. The molecule has 0 radical (unpaired) electrons. The van der Waals surface area contributed by atoms with Crippen LogP contribution < -0.4 is 10.5 Å². The van der Waals surface area contributed by atoms with Crippen LogP contribution in [0, 0.1) is 0 Å². The summed E-state index contributed by atoms with van der Waals surface area (Å²) in [4.78, 5) is 0. The molecule has 0 bridgehead atoms. The van der Waals surface area contributed by atoms with E-state index in [4.69, 9.17) is 27.2 Å². The average molecular weight is 232 g/mol. The maximum atomic E-state index is 9.43. The lowest BCUT2D eigenvalue weighted by molar-refractivity contribution is 0.276. The molecule has 0 saturated carbocycles. The van der Waals surface area contributed by atoms with Crippen LogP contribution in [0.25, 0.3) is 0 Å². The van der Waals surface area contributed by atoms with Crippen molar-refractivity contribution in [1.82, 2.24) is 0 Å². The van der Waals surface area contributed by atoms with E-state index in [9.17, 15) is 5.11 Å². The molecule has 0 saturated heterocycles. The Morgan fingerprint density at radius 3 is 2.73 bits per heavy atom. The average Bonchev–Trinajstić information content (AvgIpc) is 2.18. The quantitative estimate of drug-likeness (QED) is 0.733. The summed E-state index contributed by atoms with van der Waals surface area (Å²) < 4.78 is 4.94. The summed E-state index contributed by atoms with van der Waals surface area (Å²) in [5, 5.41) is 18.6. The second-order valence-electron chi connectivity index (χ2n) is 3.16. The fourth-order valence-electron chi connectivity index (χ4n) is 1.30. The normalized spacial score (nSPS) is 12.5. The van der Waals surface area contributed by atoms with E-state index in [0.717, 1.165) is 0 Å². The smallest absolute Gasteiger partial charge is 0.160 e. The van der Waals surface area contributed by atoms with Gasteiger partial charge in [0.1, 0.15) is 0 Å². The third kappa shape index (κ3) is 2.75. The topological polar surface area (TPSA) is 75.7 Å². The minimum Gasteiger partial charge on any atom is -0.504 e. The number of aromatic hydroxyl groups is 1. The fourth-order valence-corrected chi connectivity index (χ4v) is 1.60. The molecule has 0 spiro atoms. The molecule has 1 unspecified atom stereocenters. The highest BCUT2D eigenvalue weighted by Gasteiger charge is 2.13. The first-order valence-corrected chi connectivity index (χ1v) is 4.90. The molecule has 5 heteroatoms. The van der Waals surface area contributed by atoms with Gasteiger partial charge in [-0.05, 0) is 18.1 Å². The van der Waals surface area contributed by atoms with Crippen molar-refractivity contribution in [2.24, 2.45) is 5.73 Å². The van der Waals surface area contributed by atoms with Gasteiger partial charge in [-0.15, -0.1) is 0 Å². The molecule has 0 aliphatic heterocycles. The van der Waals surface area contributed by atoms with Gasteiger partial charge in [0.05, 0.1) is 7.11 Å². The SMILES string of the molecule is COc1cc(C(N)CCO)c(Cl)cc1O. The lowest BCUT2D eigenvalue weighted by atomic mass is 10.0. The Labute approximate surface area is 93.2 Å². The number of halogens is 1. The van der Waals surface area contributed by atoms with Crippen LogP contribution >= 0.6 is 11.6 Å². The molecule has 0 aliphatic carbocycles. The summed E-state index contributed by atoms with van der Waals surface area (Å²) in [7, 11) is 1.45. The summed E-state index contributed by atoms with van der Waals surface area (Å²) in [6.07, 6.45) is 0.410. The first-order valence-electron chi connectivity index (χ1n) is 4.53. The first kappa shape index (κ1) is 12.1. The van der Waals surface area contributed by atoms with E-state index in [2.05, 4.69) is 0 Å². The summed E-state index contributed by atoms with van der Waals surface area (Å²) in [5.41, 5.74) is 6.45. The van der Waals surface area contributed by atoms with E-state index in [1.165, 1.54) is 13.2 Å². The number of ether oxygens (including phenoxy) is 1. The van der Waals surface area contributed by atoms with E-state index in [1.807, 2.05) is 0 Å². The van der Waals surface area contributed by atoms with Crippen LogP contribution in [0.4, 0.5) is 0 Å². The van der Waals surface area contributed by atoms with Crippen molar-refractivity contribution in [3.05, 3.63) is 22.7 Å². The summed E-state index contributed by atoms with van der Waals surface area (Å²) in [6, 6.07) is 2.60. The first-order chi connectivity index (χ1) is 7.10. The van der Waals surface area contributed by atoms with Gasteiger partial charge in [-0.2, -0.15) is 0 Å². The van der Waals surface area contributed by atoms with Gasteiger partial charge in [0.25, 0.3) is 0 Å². The number of aliphatic hydroxyl groups excluding tert-OH is 1. The number of phenols is 1. The molecular weight excluding hydrogens is 218 g/mol. The van der Waals surface area contributed by atoms with E-state index in [1.54, 1.807) is 6.07 Å². The second kappa shape index (κ2) is 5.21. The molecular formula is C10H14ClNO3. The zero-order valence-electron chi connectivity index (χ0n) is 8.40. The standard InChI is InChI=1S/C10H14ClNO3/c1-15-10-4-6(8(12)2-3-13)7(11)5-9(10)14/h4-5,8,13-14H,2-3,12H2,1H3. The number of hydrogen-bond acceptors (Lipinski definition) is 4. The Hall–Kier alpha value is -0.970. The molecule has 0 heterocycles. The van der Waals surface area contributed by atoms with Crippen molar-refractivity contribution in [3.63, 3.8) is 0 Å². The molecule has 0 fully saturated rings. The van der Waals surface area contributed by atoms with Gasteiger partial charge in [0.2, 0.25) is 0 Å². The lowest BCUT2D eigenvalue weighted by Crippen LogP contribution is -2.12. The summed E-state index contributed by atoms with van der Waals surface area (Å²) in [6.45, 7) is -0.0132. The van der Waals surface area contributed by atoms with Gasteiger partial charge in [-0.1, -0.05) is 11.6 Å². The molecule has 1 aromatic carbocycles. The molecule has 0 aromatic heterocycles. The van der Waals surface area contributed by atoms with Crippen LogP contribution in [0.15, 0.2) is 12.1 Å². The maximum Gasteiger partial charge on any atom is 0.160 e. The van der Waals surface area contributed by atoms with Gasteiger partial charge >= 0.3 is 0 Å². The highest BCUT2D eigenvalue weighted by Crippen LogP contribution is 2.35. The largest absolute Gasteiger partial charge is 0.504 e. The van der Waals surface area contributed by atoms with Crippen molar-refractivity contribution in [2.75, 3.05) is 13.7 Å². The highest BCUT2D eigenvalue weighted by atomic mass is 35.5. The predicted molar refractivity (Wildman–Crippen MR) is 58.3 cm³/mol. The van der Waals surface area contributed by atoms with Crippen LogP contribution in [-0.4, -0.2) is 23.9 Å². The Balaban J connectivity index is 3.06. The highest BCUT2D eigenvalue weighted by molar-refractivity contribution is 6.31. The Bertz CT molecular complexity index is 344. The molecule has 0 amide bonds. The van der Waals surface area contributed by atoms with Gasteiger partial charge < -0.3 is 20.7 Å². The van der Waals surface area contributed by atoms with E-state index in [0.29, 0.717) is 22.8 Å². The number of rotatable bonds is 4. The summed E-state index contributed by atoms with van der Waals surface area (Å²) in [5.74, 6) is 0.297. The molecule has 1 aromatic rings. The molecule has 1 atom stereocenters. The number of hydrogen-bond donors (Lipinski definition) is 3. The van der Waals surface area contributed by atoms with Crippen LogP contribution in [-0.2, 0) is 0 Å². The molecule has 84 valence electrons. The molecule has 1 rings (SSSR count). The van der Waals surface area contributed by atoms with E-state index >= 15 is 0 Å². The minimum absolute atomic E-state index is 0.0132. The van der Waals surface area contributed by atoms with Crippen LogP contribution in [0.1, 0.15) is 18.0 Å². The van der Waals surface area contributed by atoms with Crippen LogP contribution in [0.3, 0.4) is 0 Å². The van der Waals surface area contributed by atoms with Gasteiger partial charge in [-0.25, -0.2) is 0 Å². The maximum absolute atomic E-state index is 9.43. The van der Waals surface area contributed by atoms with Crippen molar-refractivity contribution in [3.8, 4) is 11.5 Å². The van der Waals surface area contributed by atoms with Crippen molar-refractivity contribution >= 4 is 11.6 Å². The Morgan fingerprint density at radius 2 is 2.20 bits per heavy atom. The number of methoxy groups -OCH3 is 1. The third-order valence-electron chi connectivity index (χ3n) is 2.14. The third-order valence-corrected chi connectivity index (χ3v) is 2.47. The predicted octanol–water partition coefficient (Wildman–Crippen LogP) is 1.44. The Morgan fingerprint density at radius 1 is 1.53 bits per heavy atom. The second-order valence-corrected chi connectivity index (χ2v) is 3.57. The van der Waals surface area contributed by atoms with Crippen LogP contribution in [0.5, 0.6) is 11.5 Å². The number of phenolic OH excluding ortho intramolecular Hbond substituents is 1. The fraction of sp³-hybridized carbons (Fsp3) is 0.400. The van der Waals surface area contributed by atoms with Crippen molar-refractivity contribution < 1.29 is 14.9 Å². The van der Waals surface area contributed by atoms with E-state index in [-0.39, 0.29) is 18.4 Å². The van der Waals surface area contributed by atoms with Crippen molar-refractivity contribution in [2.45, 2.75) is 12.5 Å². The van der Waals surface area contributed by atoms with Crippen LogP contribution in [0.2, 0.25) is 5.02 Å². The Kier molecular flexibility index (Phi) is 4.20. The zero-order valence-corrected chi connectivity index (χ0v) is 9.16. The summed E-state index contributed by atoms with van der Waals surface area (Å²) >= 11 is 5.91. The van der Waals surface area contributed by atoms with Gasteiger partial charge in [0.15, 0.2) is 11.5 Å². The number of nitrogens with two attached hydrogens (primary N) is 1. The zero-order chi connectivity index (χ0) is 11.4. The molecule has 15 heavy (non-hydrogen) atoms. The lowest BCUT2D eigenvalue weighted by Gasteiger charge is -2.14.